The maximum Gasteiger partial charge on any atom is 0.123 e. The Morgan fingerprint density at radius 3 is 2.27 bits per heavy atom. The average Bonchev–Trinajstić information content (AvgIpc) is 3.37. The van der Waals surface area contributed by atoms with Gasteiger partial charge in [0.2, 0.25) is 0 Å². The van der Waals surface area contributed by atoms with Crippen molar-refractivity contribution in [3.63, 3.8) is 0 Å². The minimum atomic E-state index is -0.261. The van der Waals surface area contributed by atoms with E-state index in [4.69, 9.17) is 4.74 Å². The number of hydrogen-bond acceptors (Lipinski definition) is 3. The summed E-state index contributed by atoms with van der Waals surface area (Å²) < 4.78 is 18.0. The van der Waals surface area contributed by atoms with E-state index in [2.05, 4.69) is 17.0 Å². The number of halogens is 1. The van der Waals surface area contributed by atoms with Crippen LogP contribution in [0, 0.1) is 5.82 Å². The van der Waals surface area contributed by atoms with E-state index in [1.54, 1.807) is 12.1 Å². The summed E-state index contributed by atoms with van der Waals surface area (Å²) in [6, 6.07) is 16.9. The first-order valence-electron chi connectivity index (χ1n) is 9.43. The second-order valence-electron chi connectivity index (χ2n) is 7.21. The molecule has 0 amide bonds. The van der Waals surface area contributed by atoms with E-state index >= 15 is 0 Å². The van der Waals surface area contributed by atoms with Gasteiger partial charge in [-0.1, -0.05) is 42.5 Å². The first-order chi connectivity index (χ1) is 12.7. The molecule has 2 saturated heterocycles. The molecule has 2 aliphatic heterocycles. The van der Waals surface area contributed by atoms with Crippen molar-refractivity contribution < 1.29 is 14.2 Å². The molecule has 2 fully saturated rings. The smallest absolute Gasteiger partial charge is 0.123 e. The first kappa shape index (κ1) is 19.0. The SMILES string of the molecule is C1CCOC1.OCC1(c2ccc(F)cc2)CCN(Cc2ccccc2)C1. The van der Waals surface area contributed by atoms with E-state index in [9.17, 15) is 9.50 Å². The third kappa shape index (κ3) is 4.91. The summed E-state index contributed by atoms with van der Waals surface area (Å²) in [6.07, 6.45) is 3.46. The lowest BCUT2D eigenvalue weighted by molar-refractivity contribution is 0.188. The zero-order chi connectivity index (χ0) is 18.2. The summed E-state index contributed by atoms with van der Waals surface area (Å²) >= 11 is 0. The Labute approximate surface area is 155 Å². The van der Waals surface area contributed by atoms with Gasteiger partial charge in [0.15, 0.2) is 0 Å². The quantitative estimate of drug-likeness (QED) is 0.904. The maximum atomic E-state index is 13.1. The summed E-state index contributed by atoms with van der Waals surface area (Å²) in [5.74, 6) is -0.231. The molecule has 0 saturated carbocycles. The molecule has 2 aliphatic rings. The average molecular weight is 357 g/mol. The number of hydrogen-bond donors (Lipinski definition) is 1. The summed E-state index contributed by atoms with van der Waals surface area (Å²) in [4.78, 5) is 2.36. The standard InChI is InChI=1S/C18H20FNO.C4H8O/c19-17-8-6-16(7-9-17)18(14-21)10-11-20(13-18)12-15-4-2-1-3-5-15;1-2-4-5-3-1/h1-9,21H,10-14H2;1-4H2. The second-order valence-corrected chi connectivity index (χ2v) is 7.21. The molecule has 0 bridgehead atoms. The molecule has 0 aliphatic carbocycles. The van der Waals surface area contributed by atoms with Crippen LogP contribution < -0.4 is 0 Å². The molecule has 4 rings (SSSR count). The van der Waals surface area contributed by atoms with Crippen LogP contribution in [0.4, 0.5) is 4.39 Å². The van der Waals surface area contributed by atoms with E-state index in [0.29, 0.717) is 0 Å². The number of rotatable bonds is 4. The van der Waals surface area contributed by atoms with Gasteiger partial charge in [-0.3, -0.25) is 4.90 Å². The normalized spacial score (nSPS) is 22.8. The fraction of sp³-hybridized carbons (Fsp3) is 0.455. The van der Waals surface area contributed by atoms with Crippen molar-refractivity contribution >= 4 is 0 Å². The van der Waals surface area contributed by atoms with E-state index in [1.807, 2.05) is 18.2 Å². The maximum absolute atomic E-state index is 13.1. The highest BCUT2D eigenvalue weighted by Gasteiger charge is 2.39. The largest absolute Gasteiger partial charge is 0.395 e. The van der Waals surface area contributed by atoms with Gasteiger partial charge in [0.1, 0.15) is 5.82 Å². The van der Waals surface area contributed by atoms with Gasteiger partial charge < -0.3 is 9.84 Å². The zero-order valence-electron chi connectivity index (χ0n) is 15.2. The number of aliphatic hydroxyl groups excluding tert-OH is 1. The Morgan fingerprint density at radius 2 is 1.69 bits per heavy atom. The van der Waals surface area contributed by atoms with Crippen LogP contribution in [0.5, 0.6) is 0 Å². The van der Waals surface area contributed by atoms with E-state index in [0.717, 1.165) is 44.8 Å². The molecule has 2 aromatic carbocycles. The lowest BCUT2D eigenvalue weighted by Gasteiger charge is -2.28. The summed E-state index contributed by atoms with van der Waals surface area (Å²) in [6.45, 7) is 4.75. The molecule has 1 N–H and O–H groups in total. The molecule has 0 aromatic heterocycles. The van der Waals surface area contributed by atoms with Gasteiger partial charge in [-0.25, -0.2) is 4.39 Å². The van der Waals surface area contributed by atoms with E-state index in [1.165, 1.54) is 30.5 Å². The number of aliphatic hydroxyl groups is 1. The predicted molar refractivity (Wildman–Crippen MR) is 102 cm³/mol. The molecule has 3 nitrogen and oxygen atoms in total. The van der Waals surface area contributed by atoms with Crippen LogP contribution >= 0.6 is 0 Å². The van der Waals surface area contributed by atoms with E-state index < -0.39 is 0 Å². The van der Waals surface area contributed by atoms with Gasteiger partial charge in [-0.15, -0.1) is 0 Å². The molecular weight excluding hydrogens is 329 g/mol. The van der Waals surface area contributed by atoms with Gasteiger partial charge in [0, 0.05) is 31.7 Å². The number of ether oxygens (including phenoxy) is 1. The zero-order valence-corrected chi connectivity index (χ0v) is 15.2. The molecule has 2 heterocycles. The van der Waals surface area contributed by atoms with Crippen molar-refractivity contribution in [1.82, 2.24) is 4.90 Å². The van der Waals surface area contributed by atoms with Crippen LogP contribution in [-0.2, 0) is 16.7 Å². The summed E-state index contributed by atoms with van der Waals surface area (Å²) in [5.41, 5.74) is 2.05. The second kappa shape index (κ2) is 9.26. The Bertz CT molecular complexity index is 650. The van der Waals surface area contributed by atoms with Crippen LogP contribution in [0.3, 0.4) is 0 Å². The van der Waals surface area contributed by atoms with Crippen LogP contribution in [0.25, 0.3) is 0 Å². The molecule has 1 atom stereocenters. The third-order valence-corrected chi connectivity index (χ3v) is 5.27. The van der Waals surface area contributed by atoms with Gasteiger partial charge in [0.05, 0.1) is 6.61 Å². The number of benzene rings is 2. The first-order valence-corrected chi connectivity index (χ1v) is 9.43. The lowest BCUT2D eigenvalue weighted by atomic mass is 9.80. The monoisotopic (exact) mass is 357 g/mol. The highest BCUT2D eigenvalue weighted by atomic mass is 19.1. The lowest BCUT2D eigenvalue weighted by Crippen LogP contribution is -2.34. The summed E-state index contributed by atoms with van der Waals surface area (Å²) in [5, 5.41) is 9.90. The molecule has 26 heavy (non-hydrogen) atoms. The molecule has 140 valence electrons. The Hall–Kier alpha value is -1.75. The van der Waals surface area contributed by atoms with Gasteiger partial charge >= 0.3 is 0 Å². The molecule has 0 radical (unpaired) electrons. The third-order valence-electron chi connectivity index (χ3n) is 5.27. The number of likely N-dealkylation sites (tertiary alicyclic amines) is 1. The summed E-state index contributed by atoms with van der Waals surface area (Å²) in [7, 11) is 0. The minimum Gasteiger partial charge on any atom is -0.395 e. The van der Waals surface area contributed by atoms with Crippen molar-refractivity contribution in [2.75, 3.05) is 32.9 Å². The van der Waals surface area contributed by atoms with Crippen LogP contribution in [0.2, 0.25) is 0 Å². The van der Waals surface area contributed by atoms with Crippen molar-refractivity contribution in [2.24, 2.45) is 0 Å². The van der Waals surface area contributed by atoms with Gasteiger partial charge in [-0.2, -0.15) is 0 Å². The van der Waals surface area contributed by atoms with E-state index in [-0.39, 0.29) is 17.8 Å². The fourth-order valence-electron chi connectivity index (χ4n) is 3.70. The van der Waals surface area contributed by atoms with Crippen molar-refractivity contribution in [3.8, 4) is 0 Å². The van der Waals surface area contributed by atoms with Crippen LogP contribution in [-0.4, -0.2) is 42.9 Å². The predicted octanol–water partition coefficient (Wildman–Crippen LogP) is 3.76. The topological polar surface area (TPSA) is 32.7 Å². The highest BCUT2D eigenvalue weighted by molar-refractivity contribution is 5.28. The van der Waals surface area contributed by atoms with Crippen molar-refractivity contribution in [1.29, 1.82) is 0 Å². The highest BCUT2D eigenvalue weighted by Crippen LogP contribution is 2.35. The Kier molecular flexibility index (Phi) is 6.78. The molecule has 2 aromatic rings. The Morgan fingerprint density at radius 1 is 1.00 bits per heavy atom. The van der Waals surface area contributed by atoms with Crippen LogP contribution in [0.15, 0.2) is 54.6 Å². The minimum absolute atomic E-state index is 0.101. The molecule has 0 spiro atoms. The van der Waals surface area contributed by atoms with Crippen molar-refractivity contribution in [3.05, 3.63) is 71.5 Å². The molecular formula is C22H28FNO2. The molecule has 4 heteroatoms. The Balaban J connectivity index is 0.000000339. The van der Waals surface area contributed by atoms with Gasteiger partial charge in [0.25, 0.3) is 0 Å². The van der Waals surface area contributed by atoms with Crippen molar-refractivity contribution in [2.45, 2.75) is 31.2 Å². The van der Waals surface area contributed by atoms with Gasteiger partial charge in [-0.05, 0) is 49.1 Å². The molecule has 1 unspecified atom stereocenters. The van der Waals surface area contributed by atoms with Crippen LogP contribution in [0.1, 0.15) is 30.4 Å². The fourth-order valence-corrected chi connectivity index (χ4v) is 3.70. The number of nitrogens with zero attached hydrogens (tertiary/aromatic N) is 1.